The molecule has 3 N–H and O–H groups in total. The summed E-state index contributed by atoms with van der Waals surface area (Å²) in [5.74, 6) is 0.424. The highest BCUT2D eigenvalue weighted by molar-refractivity contribution is 6.04. The van der Waals surface area contributed by atoms with Crippen LogP contribution in [0.25, 0.3) is 0 Å². The predicted octanol–water partition coefficient (Wildman–Crippen LogP) is 5.68. The van der Waals surface area contributed by atoms with Gasteiger partial charge in [0.1, 0.15) is 17.3 Å². The van der Waals surface area contributed by atoms with E-state index < -0.39 is 5.97 Å². The van der Waals surface area contributed by atoms with E-state index in [1.54, 1.807) is 48.7 Å². The first-order valence-electron chi connectivity index (χ1n) is 12.9. The fourth-order valence-electron chi connectivity index (χ4n) is 4.52. The van der Waals surface area contributed by atoms with E-state index in [2.05, 4.69) is 20.5 Å². The second-order valence-corrected chi connectivity index (χ2v) is 9.44. The molecule has 1 aliphatic heterocycles. The zero-order valence-corrected chi connectivity index (χ0v) is 21.6. The summed E-state index contributed by atoms with van der Waals surface area (Å²) in [6.45, 7) is 1.31. The minimum absolute atomic E-state index is 0.119. The third-order valence-corrected chi connectivity index (χ3v) is 6.65. The van der Waals surface area contributed by atoms with Crippen molar-refractivity contribution in [2.75, 3.05) is 28.6 Å². The van der Waals surface area contributed by atoms with Crippen molar-refractivity contribution in [3.05, 3.63) is 108 Å². The number of para-hydroxylation sites is 1. The monoisotopic (exact) mass is 536 g/mol. The minimum Gasteiger partial charge on any atom is -0.478 e. The number of pyridine rings is 1. The van der Waals surface area contributed by atoms with E-state index in [9.17, 15) is 14.4 Å². The molecular weight excluding hydrogens is 508 g/mol. The van der Waals surface area contributed by atoms with Crippen LogP contribution in [-0.4, -0.2) is 41.0 Å². The maximum Gasteiger partial charge on any atom is 0.335 e. The Morgan fingerprint density at radius 3 is 2.23 bits per heavy atom. The largest absolute Gasteiger partial charge is 0.478 e. The Hall–Kier alpha value is -5.18. The third kappa shape index (κ3) is 6.63. The second-order valence-electron chi connectivity index (χ2n) is 9.44. The summed E-state index contributed by atoms with van der Waals surface area (Å²) in [5, 5.41) is 14.8. The van der Waals surface area contributed by atoms with E-state index in [0.717, 1.165) is 5.82 Å². The van der Waals surface area contributed by atoms with Crippen LogP contribution in [0.4, 0.5) is 17.2 Å². The molecule has 0 spiro atoms. The van der Waals surface area contributed by atoms with E-state index in [1.165, 1.54) is 12.1 Å². The summed E-state index contributed by atoms with van der Waals surface area (Å²) < 4.78 is 5.82. The van der Waals surface area contributed by atoms with E-state index in [0.29, 0.717) is 54.4 Å². The molecule has 9 nitrogen and oxygen atoms in total. The van der Waals surface area contributed by atoms with Crippen molar-refractivity contribution in [1.29, 1.82) is 0 Å². The van der Waals surface area contributed by atoms with E-state index in [4.69, 9.17) is 9.84 Å². The number of amides is 2. The van der Waals surface area contributed by atoms with Crippen molar-refractivity contribution in [3.8, 4) is 11.5 Å². The Labute approximate surface area is 231 Å². The predicted molar refractivity (Wildman–Crippen MR) is 152 cm³/mol. The third-order valence-electron chi connectivity index (χ3n) is 6.65. The average molecular weight is 537 g/mol. The van der Waals surface area contributed by atoms with Gasteiger partial charge in [-0.3, -0.25) is 9.59 Å². The maximum atomic E-state index is 12.8. The summed E-state index contributed by atoms with van der Waals surface area (Å²) in [4.78, 5) is 43.3. The van der Waals surface area contributed by atoms with Gasteiger partial charge in [-0.2, -0.15) is 0 Å². The van der Waals surface area contributed by atoms with Gasteiger partial charge in [0.15, 0.2) is 0 Å². The number of anilines is 3. The summed E-state index contributed by atoms with van der Waals surface area (Å²) in [7, 11) is 0. The lowest BCUT2D eigenvalue weighted by molar-refractivity contribution is -0.120. The molecule has 5 rings (SSSR count). The summed E-state index contributed by atoms with van der Waals surface area (Å²) in [6.07, 6.45) is 2.91. The first-order chi connectivity index (χ1) is 19.4. The van der Waals surface area contributed by atoms with E-state index in [-0.39, 0.29) is 23.3 Å². The van der Waals surface area contributed by atoms with Crippen LogP contribution in [0, 0.1) is 5.92 Å². The molecular formula is C31H28N4O5. The molecule has 9 heteroatoms. The number of carboxylic acid groups (broad SMARTS) is 1. The van der Waals surface area contributed by atoms with Crippen molar-refractivity contribution in [3.63, 3.8) is 0 Å². The molecule has 1 aliphatic rings. The molecule has 0 unspecified atom stereocenters. The highest BCUT2D eigenvalue weighted by Crippen LogP contribution is 2.25. The maximum absolute atomic E-state index is 12.8. The topological polar surface area (TPSA) is 121 Å². The number of aromatic nitrogens is 1. The summed E-state index contributed by atoms with van der Waals surface area (Å²) >= 11 is 0. The van der Waals surface area contributed by atoms with Crippen molar-refractivity contribution in [2.24, 2.45) is 5.92 Å². The van der Waals surface area contributed by atoms with Gasteiger partial charge < -0.3 is 25.4 Å². The zero-order valence-electron chi connectivity index (χ0n) is 21.6. The van der Waals surface area contributed by atoms with Gasteiger partial charge in [-0.05, 0) is 73.5 Å². The van der Waals surface area contributed by atoms with Gasteiger partial charge in [-0.15, -0.1) is 0 Å². The minimum atomic E-state index is -1.04. The Bertz CT molecular complexity index is 1500. The lowest BCUT2D eigenvalue weighted by Gasteiger charge is -2.32. The van der Waals surface area contributed by atoms with Crippen LogP contribution in [-0.2, 0) is 4.79 Å². The van der Waals surface area contributed by atoms with Crippen LogP contribution in [0.1, 0.15) is 33.6 Å². The van der Waals surface area contributed by atoms with Gasteiger partial charge in [0.05, 0.1) is 17.4 Å². The molecule has 40 heavy (non-hydrogen) atoms. The van der Waals surface area contributed by atoms with Crippen LogP contribution < -0.4 is 20.3 Å². The highest BCUT2D eigenvalue weighted by atomic mass is 16.5. The number of nitrogens with one attached hydrogen (secondary N) is 2. The number of hydrogen-bond donors (Lipinski definition) is 3. The number of rotatable bonds is 8. The number of piperidine rings is 1. The Morgan fingerprint density at radius 2 is 1.50 bits per heavy atom. The van der Waals surface area contributed by atoms with Gasteiger partial charge >= 0.3 is 5.97 Å². The molecule has 1 fully saturated rings. The van der Waals surface area contributed by atoms with Gasteiger partial charge in [0.25, 0.3) is 5.91 Å². The van der Waals surface area contributed by atoms with Crippen LogP contribution in [0.3, 0.4) is 0 Å². The van der Waals surface area contributed by atoms with Crippen LogP contribution in [0.15, 0.2) is 97.2 Å². The van der Waals surface area contributed by atoms with Crippen molar-refractivity contribution < 1.29 is 24.2 Å². The summed E-state index contributed by atoms with van der Waals surface area (Å²) in [5.41, 5.74) is 1.64. The van der Waals surface area contributed by atoms with Crippen LogP contribution in [0.2, 0.25) is 0 Å². The normalized spacial score (nSPS) is 13.3. The fraction of sp³-hybridized carbons (Fsp3) is 0.161. The Balaban J connectivity index is 1.13. The van der Waals surface area contributed by atoms with Gasteiger partial charge in [-0.25, -0.2) is 9.78 Å². The number of ether oxygens (including phenoxy) is 1. The number of carboxylic acids is 1. The SMILES string of the molecule is O=C(O)c1cccc(NC(=O)C2CCN(c3ccc(NC(=O)c4cccc(Oc5ccccc5)c4)cn3)CC2)c1. The average Bonchev–Trinajstić information content (AvgIpc) is 2.98. The standard InChI is InChI=1S/C31H28N4O5/c36-29(33-24-8-4-7-23(18-24)31(38)39)21-14-16-35(17-15-21)28-13-12-25(20-32-28)34-30(37)22-6-5-11-27(19-22)40-26-9-2-1-3-10-26/h1-13,18-21H,14-17H2,(H,33,36)(H,34,37)(H,38,39). The molecule has 0 atom stereocenters. The first kappa shape index (κ1) is 26.4. The number of benzene rings is 3. The molecule has 1 aromatic heterocycles. The number of nitrogens with zero attached hydrogens (tertiary/aromatic N) is 2. The Morgan fingerprint density at radius 1 is 0.775 bits per heavy atom. The molecule has 2 amide bonds. The Kier molecular flexibility index (Phi) is 8.01. The van der Waals surface area contributed by atoms with E-state index in [1.807, 2.05) is 36.4 Å². The molecule has 3 aromatic carbocycles. The second kappa shape index (κ2) is 12.1. The number of aromatic carboxylic acids is 1. The lowest BCUT2D eigenvalue weighted by atomic mass is 9.95. The quantitative estimate of drug-likeness (QED) is 0.265. The van der Waals surface area contributed by atoms with Gasteiger partial charge in [0, 0.05) is 30.3 Å². The molecule has 2 heterocycles. The van der Waals surface area contributed by atoms with Gasteiger partial charge in [-0.1, -0.05) is 30.3 Å². The smallest absolute Gasteiger partial charge is 0.335 e. The van der Waals surface area contributed by atoms with Crippen molar-refractivity contribution >= 4 is 35.0 Å². The van der Waals surface area contributed by atoms with Crippen LogP contribution in [0.5, 0.6) is 11.5 Å². The molecule has 1 saturated heterocycles. The summed E-state index contributed by atoms with van der Waals surface area (Å²) in [6, 6.07) is 26.2. The number of hydrogen-bond acceptors (Lipinski definition) is 6. The molecule has 4 aromatic rings. The van der Waals surface area contributed by atoms with Gasteiger partial charge in [0.2, 0.25) is 5.91 Å². The molecule has 0 bridgehead atoms. The number of carbonyl (C=O) groups excluding carboxylic acids is 2. The fourth-order valence-corrected chi connectivity index (χ4v) is 4.52. The van der Waals surface area contributed by atoms with Crippen molar-refractivity contribution in [1.82, 2.24) is 4.98 Å². The molecule has 0 saturated carbocycles. The van der Waals surface area contributed by atoms with E-state index >= 15 is 0 Å². The highest BCUT2D eigenvalue weighted by Gasteiger charge is 2.26. The first-order valence-corrected chi connectivity index (χ1v) is 12.9. The molecule has 0 aliphatic carbocycles. The zero-order chi connectivity index (χ0) is 27.9. The lowest BCUT2D eigenvalue weighted by Crippen LogP contribution is -2.38. The molecule has 202 valence electrons. The van der Waals surface area contributed by atoms with Crippen LogP contribution >= 0.6 is 0 Å². The van der Waals surface area contributed by atoms with Crippen molar-refractivity contribution in [2.45, 2.75) is 12.8 Å². The molecule has 0 radical (unpaired) electrons. The number of carbonyl (C=O) groups is 3.